The van der Waals surface area contributed by atoms with Crippen LogP contribution in [0.15, 0.2) is 136 Å². The third kappa shape index (κ3) is 34.4. The number of aliphatic hydroxyl groups excluding tert-OH is 3. The number of likely N-dealkylation sites (tertiary alicyclic amines) is 4. The fraction of sp³-hybridized carbons (Fsp3) is 0.573. The summed E-state index contributed by atoms with van der Waals surface area (Å²) in [5.74, 6) is -2.04. The molecule has 8 heterocycles. The minimum absolute atomic E-state index is 0.00647. The molecule has 12 atom stereocenters. The summed E-state index contributed by atoms with van der Waals surface area (Å²) >= 11 is 11.2. The third-order valence-corrected chi connectivity index (χ3v) is 31.8. The number of benzene rings is 4. The van der Waals surface area contributed by atoms with Crippen LogP contribution in [0.3, 0.4) is 0 Å². The van der Waals surface area contributed by atoms with Crippen molar-refractivity contribution < 1.29 is 78.0 Å². The highest BCUT2D eigenvalue weighted by Gasteiger charge is 2.47. The molecule has 5 aromatic rings. The second-order valence-electron chi connectivity index (χ2n) is 38.5. The summed E-state index contributed by atoms with van der Waals surface area (Å²) in [6.45, 7) is 11.9. The van der Waals surface area contributed by atoms with Crippen molar-refractivity contribution in [3.63, 3.8) is 0 Å². The van der Waals surface area contributed by atoms with Crippen LogP contribution in [0.5, 0.6) is 0 Å². The summed E-state index contributed by atoms with van der Waals surface area (Å²) in [5.41, 5.74) is 20.9. The number of amides is 11. The lowest BCUT2D eigenvalue weighted by Crippen LogP contribution is -2.58. The SMILES string of the molecule is CC(Br)C(=O)N[C@H](C(=O)N1CCC[C@H]1C(=O)NC1=C(c2ccccc2)NNS1)C1CCCCC1.CC(Br)C(=O)O.C[C@@H](NCCO)C(=O)N[C@H](C(=O)N1CCC[C@H]1C(=O)NC1=C(c2ccccc2)NNS1)C1CCCCC1.C[C@H](C(=O)N1CCC[C@H]1C(=O)NC1=C(c2ccccc2)NNS1)C1CCCCC1.C[C@H](NCCO)C(=O)N[C@H](C(=O)N1CCC[C@H]1C(=O)Nc1snnc1-c1ccccc1)C1CCCCC1.NCCO. The van der Waals surface area contributed by atoms with E-state index in [2.05, 4.69) is 127 Å². The Morgan fingerprint density at radius 1 is 0.381 bits per heavy atom. The molecule has 0 spiro atoms. The number of aromatic nitrogens is 2. The third-order valence-electron chi connectivity index (χ3n) is 28.2. The van der Waals surface area contributed by atoms with Crippen LogP contribution < -0.4 is 84.4 Å². The number of aliphatic carboxylic acids is 1. The topological polar surface area (TPSA) is 531 Å². The van der Waals surface area contributed by atoms with E-state index in [0.717, 1.165) is 197 Å². The molecule has 0 bridgehead atoms. The number of alkyl halides is 2. The minimum Gasteiger partial charge on any atom is -0.480 e. The Morgan fingerprint density at radius 3 is 0.959 bits per heavy atom. The van der Waals surface area contributed by atoms with E-state index in [0.29, 0.717) is 91.7 Å². The number of carboxylic acids is 1. The van der Waals surface area contributed by atoms with Crippen molar-refractivity contribution in [2.75, 3.05) is 71.0 Å². The number of nitrogens with one attached hydrogen (secondary N) is 15. The van der Waals surface area contributed by atoms with Crippen molar-refractivity contribution in [1.29, 1.82) is 0 Å². The second kappa shape index (κ2) is 61.6. The number of aliphatic hydroxyl groups is 3. The van der Waals surface area contributed by atoms with Gasteiger partial charge in [-0.25, -0.2) is 0 Å². The monoisotopic (exact) mass is 2230 g/mol. The van der Waals surface area contributed by atoms with Gasteiger partial charge in [0.05, 0.1) is 53.8 Å². The molecule has 4 saturated carbocycles. The lowest BCUT2D eigenvalue weighted by atomic mass is 9.80. The Hall–Kier alpha value is -9.65. The first-order valence-corrected chi connectivity index (χ1v) is 56.9. The molecule has 21 N–H and O–H groups in total. The molecule has 7 aliphatic heterocycles. The largest absolute Gasteiger partial charge is 0.480 e. The molecule has 0 radical (unpaired) electrons. The summed E-state index contributed by atoms with van der Waals surface area (Å²) in [6, 6.07) is 33.8. The predicted octanol–water partition coefficient (Wildman–Crippen LogP) is 9.59. The fourth-order valence-corrected chi connectivity index (χ4v) is 23.0. The van der Waals surface area contributed by atoms with Crippen LogP contribution >= 0.6 is 79.2 Å². The van der Waals surface area contributed by atoms with E-state index < -0.39 is 59.1 Å². The normalized spacial score (nSPS) is 21.2. The zero-order valence-electron chi connectivity index (χ0n) is 84.5. The van der Waals surface area contributed by atoms with E-state index in [1.165, 1.54) is 55.1 Å². The molecule has 804 valence electrons. The first kappa shape index (κ1) is 118. The molecule has 16 rings (SSSR count). The molecule has 8 fully saturated rings. The van der Waals surface area contributed by atoms with Gasteiger partial charge in [0.2, 0.25) is 65.0 Å². The zero-order chi connectivity index (χ0) is 105. The van der Waals surface area contributed by atoms with Gasteiger partial charge in [0, 0.05) is 85.5 Å². The van der Waals surface area contributed by atoms with Gasteiger partial charge in [0.15, 0.2) is 0 Å². The smallest absolute Gasteiger partial charge is 0.316 e. The first-order chi connectivity index (χ1) is 71.1. The molecular formula is C103H148Br2N22O16S4. The van der Waals surface area contributed by atoms with Crippen LogP contribution in [-0.4, -0.2) is 250 Å². The Balaban J connectivity index is 0.000000181. The van der Waals surface area contributed by atoms with Crippen LogP contribution in [0.1, 0.15) is 231 Å². The van der Waals surface area contributed by atoms with Crippen molar-refractivity contribution >= 4 is 172 Å². The number of anilines is 1. The van der Waals surface area contributed by atoms with Crippen molar-refractivity contribution in [2.45, 2.75) is 278 Å². The van der Waals surface area contributed by atoms with Crippen LogP contribution in [0, 0.1) is 29.6 Å². The number of halogens is 2. The van der Waals surface area contributed by atoms with E-state index >= 15 is 0 Å². The maximum atomic E-state index is 13.9. The summed E-state index contributed by atoms with van der Waals surface area (Å²) < 4.78 is 4.02. The van der Waals surface area contributed by atoms with Crippen molar-refractivity contribution in [1.82, 2.24) is 102 Å². The van der Waals surface area contributed by atoms with Gasteiger partial charge in [-0.3, -0.25) is 57.5 Å². The maximum absolute atomic E-state index is 13.9. The van der Waals surface area contributed by atoms with E-state index in [1.807, 2.05) is 126 Å². The standard InChI is InChI=1S/C26H38N6O4S.C26H36N6O4S.C24H32BrN5O3S.C22H30N4O2S.C3H5BrO2.C2H7NO/c2*1-17(27-14-16-33)23(34)28-22(19-11-6-3-7-12-19)26(36)32-15-8-13-20(32)24(35)29-25-21(30-31-37-25)18-9-4-2-5-10-18;1-15(25)21(31)26-20(17-11-6-3-7-12-17)24(33)30-14-8-13-18(30)22(32)27-23-19(28-29-34-23)16-9-4-2-5-10-16;1-15(16-9-4-2-5-10-16)22(28)26-14-8-13-18(26)20(27)23-21-19(24-25-29-21)17-11-6-3-7-12-17;1-2(4)3(5)6;3-1-2-4/h2,4-5,9-10,17,19-20,22,27,30-31,33H,3,6-8,11-16H2,1H3,(H,28,34)(H,29,35);2,4-5,9-10,17,19-20,22,27,33H,3,6-8,11-16H2,1H3,(H,28,34)(H,29,35);2,4-5,9-10,15,17-18,20,28-29H,3,6-8,11-14H2,1H3,(H,26,31)(H,27,32);3,6-7,11-12,15-16,18,24-25H,2,4-5,8-10,13-14H2,1H3,(H,23,27);2H,1H3,(H,5,6);4H,1-3H2/t17-,20+,22+;17-,20-,22-;15?,18-,20-;15-,18-;;/m1000../s1. The highest BCUT2D eigenvalue weighted by Crippen LogP contribution is 2.39. The van der Waals surface area contributed by atoms with Crippen LogP contribution in [-0.2, 0) is 57.5 Å². The number of hydrazine groups is 3. The molecule has 2 unspecified atom stereocenters. The van der Waals surface area contributed by atoms with Gasteiger partial charge < -0.3 is 110 Å². The molecule has 4 aliphatic carbocycles. The van der Waals surface area contributed by atoms with Crippen LogP contribution in [0.25, 0.3) is 28.3 Å². The molecule has 1 aromatic heterocycles. The number of hydrogen-bond acceptors (Lipinski definition) is 30. The predicted molar refractivity (Wildman–Crippen MR) is 580 cm³/mol. The van der Waals surface area contributed by atoms with Gasteiger partial charge in [-0.05, 0) is 190 Å². The maximum Gasteiger partial charge on any atom is 0.316 e. The Morgan fingerprint density at radius 2 is 0.667 bits per heavy atom. The molecule has 11 amide bonds. The summed E-state index contributed by atoms with van der Waals surface area (Å²) in [5, 5.41) is 67.6. The lowest BCUT2D eigenvalue weighted by molar-refractivity contribution is -0.143. The van der Waals surface area contributed by atoms with Gasteiger partial charge >= 0.3 is 5.97 Å². The molecule has 4 aromatic carbocycles. The Bertz CT molecular complexity index is 5200. The number of nitrogens with zero attached hydrogens (tertiary/aromatic N) is 6. The van der Waals surface area contributed by atoms with Gasteiger partial charge in [0.25, 0.3) is 0 Å². The van der Waals surface area contributed by atoms with E-state index in [9.17, 15) is 57.5 Å². The lowest BCUT2D eigenvalue weighted by Gasteiger charge is -2.35. The van der Waals surface area contributed by atoms with E-state index in [4.69, 9.17) is 26.2 Å². The molecule has 11 aliphatic rings. The van der Waals surface area contributed by atoms with Crippen molar-refractivity contribution in [3.8, 4) is 11.3 Å². The Kier molecular flexibility index (Phi) is 49.3. The van der Waals surface area contributed by atoms with Gasteiger partial charge in [-0.2, -0.15) is 14.5 Å². The average Bonchev–Trinajstić information content (AvgIpc) is 1.70. The average molecular weight is 2240 g/mol. The number of rotatable bonds is 34. The summed E-state index contributed by atoms with van der Waals surface area (Å²) in [6.07, 6.45) is 26.5. The number of hydrogen-bond donors (Lipinski definition) is 20. The number of carbonyl (C=O) groups excluding carboxylic acids is 11. The molecule has 4 saturated heterocycles. The summed E-state index contributed by atoms with van der Waals surface area (Å²) in [7, 11) is 0. The zero-order valence-corrected chi connectivity index (χ0v) is 90.9. The van der Waals surface area contributed by atoms with Gasteiger partial charge in [-0.1, -0.05) is 242 Å². The number of carboxylic acid groups (broad SMARTS) is 1. The fourth-order valence-electron chi connectivity index (χ4n) is 20.2. The summed E-state index contributed by atoms with van der Waals surface area (Å²) in [4.78, 5) is 171. The quantitative estimate of drug-likeness (QED) is 0.0134. The van der Waals surface area contributed by atoms with Crippen molar-refractivity contribution in [2.24, 2.45) is 35.3 Å². The Labute approximate surface area is 895 Å². The van der Waals surface area contributed by atoms with Crippen LogP contribution in [0.4, 0.5) is 5.00 Å². The van der Waals surface area contributed by atoms with Crippen molar-refractivity contribution in [3.05, 3.63) is 153 Å². The molecule has 38 nitrogen and oxygen atoms in total. The molecule has 147 heavy (non-hydrogen) atoms. The van der Waals surface area contributed by atoms with Gasteiger partial charge in [-0.15, -0.1) is 5.10 Å². The second-order valence-corrected chi connectivity index (χ2v) is 44.4. The van der Waals surface area contributed by atoms with E-state index in [-0.39, 0.29) is 119 Å². The highest BCUT2D eigenvalue weighted by molar-refractivity contribution is 9.10. The van der Waals surface area contributed by atoms with Gasteiger partial charge in [0.1, 0.15) is 72.9 Å². The molecule has 44 heteroatoms. The number of nitrogens with two attached hydrogens (primary N) is 1. The first-order valence-electron chi connectivity index (χ1n) is 51.8. The minimum atomic E-state index is -0.824. The van der Waals surface area contributed by atoms with Crippen LogP contribution in [0.2, 0.25) is 0 Å². The highest BCUT2D eigenvalue weighted by atomic mass is 79.9. The molecular weight excluding hydrogens is 2090 g/mol. The number of carbonyl (C=O) groups is 12. The van der Waals surface area contributed by atoms with E-state index in [1.54, 1.807) is 42.4 Å².